The van der Waals surface area contributed by atoms with E-state index in [1.807, 2.05) is 26.0 Å². The number of benzene rings is 1. The summed E-state index contributed by atoms with van der Waals surface area (Å²) in [6.07, 6.45) is 2.72. The Morgan fingerprint density at radius 3 is 2.89 bits per heavy atom. The molecule has 0 amide bonds. The average molecular weight is 284 g/mol. The summed E-state index contributed by atoms with van der Waals surface area (Å²) in [5.74, 6) is 0.806. The quantitative estimate of drug-likeness (QED) is 0.814. The molecule has 4 heteroatoms. The van der Waals surface area contributed by atoms with E-state index >= 15 is 0 Å². The van der Waals surface area contributed by atoms with Gasteiger partial charge in [-0.2, -0.15) is 0 Å². The molecule has 1 heterocycles. The van der Waals surface area contributed by atoms with Gasteiger partial charge in [-0.15, -0.1) is 0 Å². The molecular formula is C15H22ClNO2. The minimum atomic E-state index is 0.379. The second-order valence-corrected chi connectivity index (χ2v) is 5.41. The Morgan fingerprint density at radius 1 is 1.37 bits per heavy atom. The summed E-state index contributed by atoms with van der Waals surface area (Å²) in [6.45, 7) is 7.25. The third-order valence-electron chi connectivity index (χ3n) is 3.41. The van der Waals surface area contributed by atoms with Crippen molar-refractivity contribution < 1.29 is 9.47 Å². The molecule has 19 heavy (non-hydrogen) atoms. The van der Waals surface area contributed by atoms with Crippen molar-refractivity contribution >= 4 is 11.6 Å². The summed E-state index contributed by atoms with van der Waals surface area (Å²) in [5.41, 5.74) is 2.13. The van der Waals surface area contributed by atoms with E-state index in [2.05, 4.69) is 5.32 Å². The first-order valence-corrected chi connectivity index (χ1v) is 7.27. The molecule has 0 bridgehead atoms. The van der Waals surface area contributed by atoms with Crippen molar-refractivity contribution in [2.75, 3.05) is 26.3 Å². The molecule has 1 aliphatic heterocycles. The fraction of sp³-hybridized carbons (Fsp3) is 0.600. The number of nitrogens with one attached hydrogen (secondary N) is 1. The van der Waals surface area contributed by atoms with Crippen molar-refractivity contribution in [3.63, 3.8) is 0 Å². The van der Waals surface area contributed by atoms with Crippen molar-refractivity contribution in [3.05, 3.63) is 28.3 Å². The summed E-state index contributed by atoms with van der Waals surface area (Å²) >= 11 is 6.25. The number of halogens is 1. The highest BCUT2D eigenvalue weighted by Gasteiger charge is 2.14. The fourth-order valence-electron chi connectivity index (χ4n) is 2.22. The van der Waals surface area contributed by atoms with Gasteiger partial charge in [-0.3, -0.25) is 0 Å². The Kier molecular flexibility index (Phi) is 5.49. The lowest BCUT2D eigenvalue weighted by Crippen LogP contribution is -2.29. The summed E-state index contributed by atoms with van der Waals surface area (Å²) < 4.78 is 11.3. The van der Waals surface area contributed by atoms with Crippen molar-refractivity contribution in [1.29, 1.82) is 0 Å². The van der Waals surface area contributed by atoms with Gasteiger partial charge in [0.2, 0.25) is 0 Å². The Hall–Kier alpha value is -0.770. The molecule has 1 unspecified atom stereocenters. The normalized spacial score (nSPS) is 18.8. The second kappa shape index (κ2) is 7.13. The SMILES string of the molecule is Cc1ccc(C)c(OCCNCC2CCCO2)c1Cl. The van der Waals surface area contributed by atoms with Gasteiger partial charge in [-0.05, 0) is 37.8 Å². The lowest BCUT2D eigenvalue weighted by Gasteiger charge is -2.14. The molecule has 1 saturated heterocycles. The molecule has 106 valence electrons. The molecule has 2 rings (SSSR count). The van der Waals surface area contributed by atoms with Crippen LogP contribution >= 0.6 is 11.6 Å². The lowest BCUT2D eigenvalue weighted by atomic mass is 10.1. The van der Waals surface area contributed by atoms with Crippen LogP contribution in [0.5, 0.6) is 5.75 Å². The van der Waals surface area contributed by atoms with Crippen LogP contribution in [-0.2, 0) is 4.74 Å². The van der Waals surface area contributed by atoms with Gasteiger partial charge in [0.15, 0.2) is 0 Å². The molecular weight excluding hydrogens is 262 g/mol. The standard InChI is InChI=1S/C15H22ClNO2/c1-11-5-6-12(2)15(14(11)16)19-9-7-17-10-13-4-3-8-18-13/h5-6,13,17H,3-4,7-10H2,1-2H3. The van der Waals surface area contributed by atoms with E-state index in [0.717, 1.165) is 48.0 Å². The Balaban J connectivity index is 1.72. The highest BCUT2D eigenvalue weighted by Crippen LogP contribution is 2.31. The molecule has 1 aromatic carbocycles. The van der Waals surface area contributed by atoms with Gasteiger partial charge in [0.25, 0.3) is 0 Å². The van der Waals surface area contributed by atoms with Crippen LogP contribution in [0.15, 0.2) is 12.1 Å². The molecule has 1 N–H and O–H groups in total. The van der Waals surface area contributed by atoms with Crippen LogP contribution in [0.2, 0.25) is 5.02 Å². The zero-order valence-corrected chi connectivity index (χ0v) is 12.4. The van der Waals surface area contributed by atoms with Gasteiger partial charge in [-0.25, -0.2) is 0 Å². The minimum absolute atomic E-state index is 0.379. The van der Waals surface area contributed by atoms with Crippen molar-refractivity contribution in [2.24, 2.45) is 0 Å². The predicted octanol–water partition coefficient (Wildman–Crippen LogP) is 3.10. The highest BCUT2D eigenvalue weighted by atomic mass is 35.5. The molecule has 1 aliphatic rings. The third kappa shape index (κ3) is 4.10. The van der Waals surface area contributed by atoms with Crippen LogP contribution < -0.4 is 10.1 Å². The number of hydrogen-bond donors (Lipinski definition) is 1. The maximum atomic E-state index is 6.25. The second-order valence-electron chi connectivity index (χ2n) is 5.03. The van der Waals surface area contributed by atoms with Crippen molar-refractivity contribution in [3.8, 4) is 5.75 Å². The Labute approximate surface area is 120 Å². The molecule has 0 aromatic heterocycles. The molecule has 1 aromatic rings. The molecule has 0 saturated carbocycles. The van der Waals surface area contributed by atoms with Crippen LogP contribution in [0.4, 0.5) is 0 Å². The fourth-order valence-corrected chi connectivity index (χ4v) is 2.49. The zero-order chi connectivity index (χ0) is 13.7. The van der Waals surface area contributed by atoms with E-state index in [0.29, 0.717) is 12.7 Å². The third-order valence-corrected chi connectivity index (χ3v) is 3.88. The van der Waals surface area contributed by atoms with Crippen LogP contribution in [-0.4, -0.2) is 32.4 Å². The van der Waals surface area contributed by atoms with Gasteiger partial charge in [0.05, 0.1) is 11.1 Å². The first-order chi connectivity index (χ1) is 9.18. The van der Waals surface area contributed by atoms with E-state index < -0.39 is 0 Å². The van der Waals surface area contributed by atoms with E-state index in [1.54, 1.807) is 0 Å². The predicted molar refractivity (Wildman–Crippen MR) is 78.3 cm³/mol. The lowest BCUT2D eigenvalue weighted by molar-refractivity contribution is 0.109. The zero-order valence-electron chi connectivity index (χ0n) is 11.7. The minimum Gasteiger partial charge on any atom is -0.490 e. The molecule has 0 aliphatic carbocycles. The first kappa shape index (κ1) is 14.6. The number of rotatable bonds is 6. The van der Waals surface area contributed by atoms with Crippen LogP contribution in [0.3, 0.4) is 0 Å². The summed E-state index contributed by atoms with van der Waals surface area (Å²) in [6, 6.07) is 4.05. The maximum absolute atomic E-state index is 6.25. The van der Waals surface area contributed by atoms with Gasteiger partial charge in [0, 0.05) is 19.7 Å². The number of aryl methyl sites for hydroxylation is 2. The van der Waals surface area contributed by atoms with Gasteiger partial charge in [0.1, 0.15) is 12.4 Å². The monoisotopic (exact) mass is 283 g/mol. The summed E-state index contributed by atoms with van der Waals surface area (Å²) in [7, 11) is 0. The Bertz CT molecular complexity index is 417. The van der Waals surface area contributed by atoms with Gasteiger partial charge in [-0.1, -0.05) is 23.7 Å². The van der Waals surface area contributed by atoms with E-state index in [-0.39, 0.29) is 0 Å². The van der Waals surface area contributed by atoms with Crippen molar-refractivity contribution in [2.45, 2.75) is 32.8 Å². The summed E-state index contributed by atoms with van der Waals surface area (Å²) in [4.78, 5) is 0. The van der Waals surface area contributed by atoms with E-state index in [4.69, 9.17) is 21.1 Å². The largest absolute Gasteiger partial charge is 0.490 e. The topological polar surface area (TPSA) is 30.5 Å². The molecule has 3 nitrogen and oxygen atoms in total. The Morgan fingerprint density at radius 2 is 2.16 bits per heavy atom. The van der Waals surface area contributed by atoms with Crippen LogP contribution in [0.1, 0.15) is 24.0 Å². The van der Waals surface area contributed by atoms with Gasteiger partial charge >= 0.3 is 0 Å². The molecule has 0 radical (unpaired) electrons. The molecule has 1 atom stereocenters. The van der Waals surface area contributed by atoms with Crippen molar-refractivity contribution in [1.82, 2.24) is 5.32 Å². The van der Waals surface area contributed by atoms with Gasteiger partial charge < -0.3 is 14.8 Å². The average Bonchev–Trinajstić information content (AvgIpc) is 2.90. The van der Waals surface area contributed by atoms with Crippen LogP contribution in [0, 0.1) is 13.8 Å². The number of hydrogen-bond acceptors (Lipinski definition) is 3. The van der Waals surface area contributed by atoms with Crippen LogP contribution in [0.25, 0.3) is 0 Å². The smallest absolute Gasteiger partial charge is 0.141 e. The van der Waals surface area contributed by atoms with E-state index in [1.165, 1.54) is 6.42 Å². The first-order valence-electron chi connectivity index (χ1n) is 6.89. The summed E-state index contributed by atoms with van der Waals surface area (Å²) in [5, 5.41) is 4.08. The number of ether oxygens (including phenoxy) is 2. The van der Waals surface area contributed by atoms with E-state index in [9.17, 15) is 0 Å². The highest BCUT2D eigenvalue weighted by molar-refractivity contribution is 6.32. The molecule has 0 spiro atoms. The maximum Gasteiger partial charge on any atom is 0.141 e. The molecule has 1 fully saturated rings.